The van der Waals surface area contributed by atoms with Crippen molar-refractivity contribution in [3.63, 3.8) is 0 Å². The quantitative estimate of drug-likeness (QED) is 0.429. The molecule has 1 atom stereocenters. The Morgan fingerprint density at radius 2 is 1.90 bits per heavy atom. The summed E-state index contributed by atoms with van der Waals surface area (Å²) in [5.74, 6) is 5.75. The summed E-state index contributed by atoms with van der Waals surface area (Å²) in [7, 11) is 0. The second-order valence-electron chi connectivity index (χ2n) is 5.80. The molecular formula is C18H27N3. The standard InChI is InChI=1S/C18H27N3/c1-3-4-5-6-7-12-17(21-19)18-13-14(2)15-10-8-9-11-16(15)20-18/h8-11,13,17,21H,3-7,12,19H2,1-2H3. The number of aromatic nitrogens is 1. The lowest BCUT2D eigenvalue weighted by atomic mass is 10.0. The van der Waals surface area contributed by atoms with E-state index in [1.807, 2.05) is 6.07 Å². The third-order valence-corrected chi connectivity index (χ3v) is 4.10. The molecule has 2 aromatic rings. The van der Waals surface area contributed by atoms with E-state index < -0.39 is 0 Å². The van der Waals surface area contributed by atoms with Crippen LogP contribution in [0.1, 0.15) is 62.7 Å². The molecule has 3 N–H and O–H groups in total. The zero-order valence-corrected chi connectivity index (χ0v) is 13.2. The number of hydrazine groups is 1. The highest BCUT2D eigenvalue weighted by Crippen LogP contribution is 2.23. The van der Waals surface area contributed by atoms with Crippen molar-refractivity contribution in [1.82, 2.24) is 10.4 Å². The van der Waals surface area contributed by atoms with E-state index in [9.17, 15) is 0 Å². The second-order valence-corrected chi connectivity index (χ2v) is 5.80. The number of nitrogens with two attached hydrogens (primary N) is 1. The zero-order valence-electron chi connectivity index (χ0n) is 13.2. The van der Waals surface area contributed by atoms with Crippen molar-refractivity contribution in [2.75, 3.05) is 0 Å². The molecule has 1 unspecified atom stereocenters. The molecule has 0 radical (unpaired) electrons. The van der Waals surface area contributed by atoms with Gasteiger partial charge in [0, 0.05) is 5.39 Å². The number of hydrogen-bond acceptors (Lipinski definition) is 3. The van der Waals surface area contributed by atoms with Gasteiger partial charge in [-0.1, -0.05) is 57.2 Å². The van der Waals surface area contributed by atoms with E-state index in [1.54, 1.807) is 0 Å². The minimum absolute atomic E-state index is 0.148. The van der Waals surface area contributed by atoms with Crippen LogP contribution in [0.25, 0.3) is 10.9 Å². The van der Waals surface area contributed by atoms with E-state index >= 15 is 0 Å². The normalized spacial score (nSPS) is 12.7. The van der Waals surface area contributed by atoms with Crippen molar-refractivity contribution in [2.45, 2.75) is 58.4 Å². The van der Waals surface area contributed by atoms with Gasteiger partial charge in [0.25, 0.3) is 0 Å². The molecule has 0 spiro atoms. The van der Waals surface area contributed by atoms with Gasteiger partial charge in [0.1, 0.15) is 0 Å². The summed E-state index contributed by atoms with van der Waals surface area (Å²) in [6.45, 7) is 4.38. The van der Waals surface area contributed by atoms with Crippen molar-refractivity contribution in [2.24, 2.45) is 5.84 Å². The highest BCUT2D eigenvalue weighted by atomic mass is 15.2. The van der Waals surface area contributed by atoms with Crippen LogP contribution in [0.2, 0.25) is 0 Å². The zero-order chi connectivity index (χ0) is 15.1. The predicted octanol–water partition coefficient (Wildman–Crippen LogP) is 4.41. The van der Waals surface area contributed by atoms with E-state index in [2.05, 4.69) is 43.5 Å². The lowest BCUT2D eigenvalue weighted by molar-refractivity contribution is 0.471. The molecule has 0 saturated heterocycles. The molecule has 0 aliphatic rings. The molecular weight excluding hydrogens is 258 g/mol. The number of rotatable bonds is 8. The molecule has 1 aromatic carbocycles. The Hall–Kier alpha value is -1.45. The molecule has 0 amide bonds. The average molecular weight is 285 g/mol. The number of fused-ring (bicyclic) bond motifs is 1. The Kier molecular flexibility index (Phi) is 6.15. The maximum absolute atomic E-state index is 5.75. The molecule has 0 bridgehead atoms. The minimum atomic E-state index is 0.148. The van der Waals surface area contributed by atoms with E-state index in [0.29, 0.717) is 0 Å². The van der Waals surface area contributed by atoms with Crippen LogP contribution < -0.4 is 11.3 Å². The van der Waals surface area contributed by atoms with E-state index in [1.165, 1.54) is 43.1 Å². The smallest absolute Gasteiger partial charge is 0.0708 e. The van der Waals surface area contributed by atoms with Gasteiger partial charge in [-0.15, -0.1) is 0 Å². The van der Waals surface area contributed by atoms with Crippen LogP contribution in [-0.4, -0.2) is 4.98 Å². The Balaban J connectivity index is 2.07. The van der Waals surface area contributed by atoms with Crippen LogP contribution in [0.4, 0.5) is 0 Å². The summed E-state index contributed by atoms with van der Waals surface area (Å²) in [5.41, 5.74) is 6.32. The first kappa shape index (κ1) is 15.9. The predicted molar refractivity (Wildman–Crippen MR) is 89.9 cm³/mol. The van der Waals surface area contributed by atoms with Gasteiger partial charge in [-0.25, -0.2) is 0 Å². The van der Waals surface area contributed by atoms with E-state index in [4.69, 9.17) is 10.8 Å². The van der Waals surface area contributed by atoms with Crippen molar-refractivity contribution in [1.29, 1.82) is 0 Å². The lowest BCUT2D eigenvalue weighted by Crippen LogP contribution is -2.28. The molecule has 0 fully saturated rings. The first-order chi connectivity index (χ1) is 10.3. The fourth-order valence-electron chi connectivity index (χ4n) is 2.82. The Bertz CT molecular complexity index is 565. The SMILES string of the molecule is CCCCCCCC(NN)c1cc(C)c2ccccc2n1. The molecule has 0 saturated carbocycles. The van der Waals surface area contributed by atoms with Gasteiger partial charge in [-0.3, -0.25) is 16.3 Å². The first-order valence-corrected chi connectivity index (χ1v) is 8.08. The number of unbranched alkanes of at least 4 members (excludes halogenated alkanes) is 4. The van der Waals surface area contributed by atoms with Gasteiger partial charge in [-0.05, 0) is 31.0 Å². The summed E-state index contributed by atoms with van der Waals surface area (Å²) >= 11 is 0. The summed E-state index contributed by atoms with van der Waals surface area (Å²) in [6.07, 6.45) is 7.45. The maximum Gasteiger partial charge on any atom is 0.0708 e. The van der Waals surface area contributed by atoms with Crippen molar-refractivity contribution in [3.05, 3.63) is 41.6 Å². The Morgan fingerprint density at radius 3 is 2.67 bits per heavy atom. The van der Waals surface area contributed by atoms with E-state index in [0.717, 1.165) is 17.6 Å². The maximum atomic E-state index is 5.75. The van der Waals surface area contributed by atoms with Crippen molar-refractivity contribution >= 4 is 10.9 Å². The molecule has 1 aromatic heterocycles. The highest BCUT2D eigenvalue weighted by molar-refractivity contribution is 5.82. The van der Waals surface area contributed by atoms with E-state index in [-0.39, 0.29) is 6.04 Å². The fraction of sp³-hybridized carbons (Fsp3) is 0.500. The Morgan fingerprint density at radius 1 is 1.14 bits per heavy atom. The molecule has 21 heavy (non-hydrogen) atoms. The summed E-state index contributed by atoms with van der Waals surface area (Å²) in [5, 5.41) is 1.22. The monoisotopic (exact) mass is 285 g/mol. The van der Waals surface area contributed by atoms with Crippen LogP contribution in [0.3, 0.4) is 0 Å². The minimum Gasteiger partial charge on any atom is -0.271 e. The number of hydrogen-bond donors (Lipinski definition) is 2. The lowest BCUT2D eigenvalue weighted by Gasteiger charge is -2.17. The molecule has 2 rings (SSSR count). The van der Waals surface area contributed by atoms with Gasteiger partial charge >= 0.3 is 0 Å². The first-order valence-electron chi connectivity index (χ1n) is 8.08. The fourth-order valence-corrected chi connectivity index (χ4v) is 2.82. The second kappa shape index (κ2) is 8.11. The van der Waals surface area contributed by atoms with Crippen LogP contribution in [-0.2, 0) is 0 Å². The van der Waals surface area contributed by atoms with Crippen LogP contribution in [0, 0.1) is 6.92 Å². The molecule has 0 aliphatic heterocycles. The molecule has 1 heterocycles. The van der Waals surface area contributed by atoms with Crippen LogP contribution >= 0.6 is 0 Å². The van der Waals surface area contributed by atoms with Crippen LogP contribution in [0.15, 0.2) is 30.3 Å². The average Bonchev–Trinajstić information content (AvgIpc) is 2.51. The van der Waals surface area contributed by atoms with Crippen molar-refractivity contribution < 1.29 is 0 Å². The molecule has 3 heteroatoms. The molecule has 3 nitrogen and oxygen atoms in total. The van der Waals surface area contributed by atoms with Gasteiger partial charge in [0.2, 0.25) is 0 Å². The number of nitrogens with one attached hydrogen (secondary N) is 1. The molecule has 0 aliphatic carbocycles. The number of aryl methyl sites for hydroxylation is 1. The van der Waals surface area contributed by atoms with Gasteiger partial charge in [-0.2, -0.15) is 0 Å². The summed E-state index contributed by atoms with van der Waals surface area (Å²) in [4.78, 5) is 4.78. The number of pyridine rings is 1. The topological polar surface area (TPSA) is 50.9 Å². The third kappa shape index (κ3) is 4.26. The largest absolute Gasteiger partial charge is 0.271 e. The highest BCUT2D eigenvalue weighted by Gasteiger charge is 2.12. The molecule has 114 valence electrons. The van der Waals surface area contributed by atoms with Crippen LogP contribution in [0.5, 0.6) is 0 Å². The number of benzene rings is 1. The summed E-state index contributed by atoms with van der Waals surface area (Å²) < 4.78 is 0. The number of para-hydroxylation sites is 1. The number of nitrogens with zero attached hydrogens (tertiary/aromatic N) is 1. The van der Waals surface area contributed by atoms with Gasteiger partial charge in [0.15, 0.2) is 0 Å². The van der Waals surface area contributed by atoms with Crippen molar-refractivity contribution in [3.8, 4) is 0 Å². The summed E-state index contributed by atoms with van der Waals surface area (Å²) in [6, 6.07) is 10.6. The Labute approximate surface area is 127 Å². The van der Waals surface area contributed by atoms with Gasteiger partial charge in [0.05, 0.1) is 17.3 Å². The van der Waals surface area contributed by atoms with Gasteiger partial charge < -0.3 is 0 Å². The third-order valence-electron chi connectivity index (χ3n) is 4.10.